The SMILES string of the molecule is CN=C(NCc1cccc(F)c1)NCc1cccc(-c2ncn[nH]2)c1.I. The summed E-state index contributed by atoms with van der Waals surface area (Å²) >= 11 is 0. The van der Waals surface area contributed by atoms with Gasteiger partial charge in [-0.05, 0) is 29.3 Å². The van der Waals surface area contributed by atoms with E-state index in [0.717, 1.165) is 22.5 Å². The van der Waals surface area contributed by atoms with Crippen molar-refractivity contribution in [3.05, 3.63) is 71.8 Å². The third-order valence-corrected chi connectivity index (χ3v) is 3.65. The molecule has 0 spiro atoms. The summed E-state index contributed by atoms with van der Waals surface area (Å²) in [6, 6.07) is 14.5. The van der Waals surface area contributed by atoms with Gasteiger partial charge in [0, 0.05) is 25.7 Å². The number of benzene rings is 2. The number of hydrogen-bond donors (Lipinski definition) is 3. The molecule has 0 aliphatic carbocycles. The van der Waals surface area contributed by atoms with E-state index in [9.17, 15) is 4.39 Å². The number of aromatic amines is 1. The maximum Gasteiger partial charge on any atom is 0.191 e. The van der Waals surface area contributed by atoms with Crippen LogP contribution in [0.15, 0.2) is 59.9 Å². The predicted molar refractivity (Wildman–Crippen MR) is 111 cm³/mol. The van der Waals surface area contributed by atoms with Crippen molar-refractivity contribution in [1.29, 1.82) is 0 Å². The number of rotatable bonds is 5. The molecular formula is C18H20FIN6. The van der Waals surface area contributed by atoms with Crippen LogP contribution in [0.5, 0.6) is 0 Å². The Bertz CT molecular complexity index is 850. The van der Waals surface area contributed by atoms with Gasteiger partial charge in [-0.2, -0.15) is 5.10 Å². The van der Waals surface area contributed by atoms with E-state index < -0.39 is 0 Å². The maximum absolute atomic E-state index is 13.2. The van der Waals surface area contributed by atoms with Gasteiger partial charge in [0.25, 0.3) is 0 Å². The van der Waals surface area contributed by atoms with E-state index in [1.54, 1.807) is 13.1 Å². The number of nitrogens with zero attached hydrogens (tertiary/aromatic N) is 3. The minimum atomic E-state index is -0.244. The van der Waals surface area contributed by atoms with Crippen LogP contribution in [0.2, 0.25) is 0 Å². The van der Waals surface area contributed by atoms with Crippen molar-refractivity contribution in [3.8, 4) is 11.4 Å². The fourth-order valence-electron chi connectivity index (χ4n) is 2.41. The van der Waals surface area contributed by atoms with Crippen LogP contribution in [0.25, 0.3) is 11.4 Å². The fourth-order valence-corrected chi connectivity index (χ4v) is 2.41. The zero-order valence-electron chi connectivity index (χ0n) is 14.2. The quantitative estimate of drug-likeness (QED) is 0.307. The minimum Gasteiger partial charge on any atom is -0.352 e. The fraction of sp³-hybridized carbons (Fsp3) is 0.167. The van der Waals surface area contributed by atoms with Gasteiger partial charge in [-0.15, -0.1) is 24.0 Å². The molecule has 0 saturated carbocycles. The van der Waals surface area contributed by atoms with Crippen LogP contribution in [0.1, 0.15) is 11.1 Å². The van der Waals surface area contributed by atoms with Crippen LogP contribution < -0.4 is 10.6 Å². The first-order chi connectivity index (χ1) is 12.2. The number of aromatic nitrogens is 3. The van der Waals surface area contributed by atoms with E-state index in [-0.39, 0.29) is 29.8 Å². The number of aliphatic imine (C=N–C) groups is 1. The number of hydrogen-bond acceptors (Lipinski definition) is 3. The Morgan fingerprint density at radius 1 is 1.08 bits per heavy atom. The summed E-state index contributed by atoms with van der Waals surface area (Å²) in [6.07, 6.45) is 1.48. The topological polar surface area (TPSA) is 78.0 Å². The van der Waals surface area contributed by atoms with Gasteiger partial charge in [0.05, 0.1) is 0 Å². The van der Waals surface area contributed by atoms with Crippen molar-refractivity contribution in [2.75, 3.05) is 7.05 Å². The number of nitrogens with one attached hydrogen (secondary N) is 3. The third-order valence-electron chi connectivity index (χ3n) is 3.65. The molecule has 0 fully saturated rings. The highest BCUT2D eigenvalue weighted by atomic mass is 127. The van der Waals surface area contributed by atoms with E-state index in [4.69, 9.17) is 0 Å². The van der Waals surface area contributed by atoms with Crippen LogP contribution >= 0.6 is 24.0 Å². The molecule has 0 aliphatic rings. The largest absolute Gasteiger partial charge is 0.352 e. The average Bonchev–Trinajstić information content (AvgIpc) is 3.17. The molecule has 3 rings (SSSR count). The van der Waals surface area contributed by atoms with Crippen molar-refractivity contribution in [1.82, 2.24) is 25.8 Å². The second kappa shape index (κ2) is 9.85. The molecule has 136 valence electrons. The van der Waals surface area contributed by atoms with Gasteiger partial charge in [-0.3, -0.25) is 10.1 Å². The molecule has 6 nitrogen and oxygen atoms in total. The molecule has 3 aromatic rings. The maximum atomic E-state index is 13.2. The molecular weight excluding hydrogens is 446 g/mol. The van der Waals surface area contributed by atoms with Gasteiger partial charge in [-0.1, -0.05) is 30.3 Å². The Hall–Kier alpha value is -2.49. The second-order valence-electron chi connectivity index (χ2n) is 5.44. The molecule has 1 aromatic heterocycles. The first-order valence-electron chi connectivity index (χ1n) is 7.88. The monoisotopic (exact) mass is 466 g/mol. The van der Waals surface area contributed by atoms with Crippen LogP contribution in [-0.2, 0) is 13.1 Å². The zero-order chi connectivity index (χ0) is 17.5. The number of H-pyrrole nitrogens is 1. The average molecular weight is 466 g/mol. The standard InChI is InChI=1S/C18H19FN6.HI/c1-20-18(22-11-14-5-3-7-16(19)9-14)21-10-13-4-2-6-15(8-13)17-23-12-24-25-17;/h2-9,12H,10-11H2,1H3,(H2,20,21,22)(H,23,24,25);1H. The van der Waals surface area contributed by atoms with Gasteiger partial charge in [0.15, 0.2) is 11.8 Å². The highest BCUT2D eigenvalue weighted by Gasteiger charge is 2.03. The molecule has 1 heterocycles. The molecule has 0 radical (unpaired) electrons. The molecule has 0 aliphatic heterocycles. The van der Waals surface area contributed by atoms with Crippen molar-refractivity contribution >= 4 is 29.9 Å². The molecule has 2 aromatic carbocycles. The van der Waals surface area contributed by atoms with Crippen LogP contribution in [0, 0.1) is 5.82 Å². The molecule has 8 heteroatoms. The summed E-state index contributed by atoms with van der Waals surface area (Å²) in [6.45, 7) is 1.10. The Balaban J connectivity index is 0.00000243. The van der Waals surface area contributed by atoms with Gasteiger partial charge in [0.2, 0.25) is 0 Å². The first kappa shape index (κ1) is 19.8. The molecule has 0 saturated heterocycles. The van der Waals surface area contributed by atoms with Crippen LogP contribution in [0.3, 0.4) is 0 Å². The summed E-state index contributed by atoms with van der Waals surface area (Å²) in [5.41, 5.74) is 2.91. The highest BCUT2D eigenvalue weighted by Crippen LogP contribution is 2.15. The first-order valence-corrected chi connectivity index (χ1v) is 7.88. The predicted octanol–water partition coefficient (Wildman–Crippen LogP) is 3.09. The van der Waals surface area contributed by atoms with E-state index in [0.29, 0.717) is 19.0 Å². The molecule has 26 heavy (non-hydrogen) atoms. The Morgan fingerprint density at radius 2 is 1.77 bits per heavy atom. The Kier molecular flexibility index (Phi) is 7.52. The summed E-state index contributed by atoms with van der Waals surface area (Å²) in [4.78, 5) is 8.34. The van der Waals surface area contributed by atoms with E-state index in [1.165, 1.54) is 18.5 Å². The summed E-state index contributed by atoms with van der Waals surface area (Å²) in [7, 11) is 1.70. The lowest BCUT2D eigenvalue weighted by atomic mass is 10.1. The van der Waals surface area contributed by atoms with Gasteiger partial charge < -0.3 is 10.6 Å². The van der Waals surface area contributed by atoms with Gasteiger partial charge >= 0.3 is 0 Å². The van der Waals surface area contributed by atoms with Gasteiger partial charge in [-0.25, -0.2) is 9.37 Å². The van der Waals surface area contributed by atoms with E-state index in [1.807, 2.05) is 30.3 Å². The van der Waals surface area contributed by atoms with Gasteiger partial charge in [0.1, 0.15) is 12.1 Å². The molecule has 3 N–H and O–H groups in total. The summed E-state index contributed by atoms with van der Waals surface area (Å²) < 4.78 is 13.2. The lowest BCUT2D eigenvalue weighted by Gasteiger charge is -2.12. The molecule has 0 amide bonds. The Labute approximate surface area is 168 Å². The molecule has 0 bridgehead atoms. The van der Waals surface area contributed by atoms with E-state index >= 15 is 0 Å². The van der Waals surface area contributed by atoms with Crippen molar-refractivity contribution in [2.24, 2.45) is 4.99 Å². The highest BCUT2D eigenvalue weighted by molar-refractivity contribution is 14.0. The minimum absolute atomic E-state index is 0. The lowest BCUT2D eigenvalue weighted by Crippen LogP contribution is -2.36. The van der Waals surface area contributed by atoms with E-state index in [2.05, 4.69) is 30.8 Å². The normalized spacial score (nSPS) is 10.9. The molecule has 0 atom stereocenters. The Morgan fingerprint density at radius 3 is 2.38 bits per heavy atom. The lowest BCUT2D eigenvalue weighted by molar-refractivity contribution is 0.624. The van der Waals surface area contributed by atoms with Crippen LogP contribution in [0.4, 0.5) is 4.39 Å². The second-order valence-corrected chi connectivity index (χ2v) is 5.44. The van der Waals surface area contributed by atoms with Crippen molar-refractivity contribution in [3.63, 3.8) is 0 Å². The molecule has 0 unspecified atom stereocenters. The van der Waals surface area contributed by atoms with Crippen molar-refractivity contribution < 1.29 is 4.39 Å². The zero-order valence-corrected chi connectivity index (χ0v) is 16.6. The summed E-state index contributed by atoms with van der Waals surface area (Å²) in [5, 5.41) is 13.1. The van der Waals surface area contributed by atoms with Crippen molar-refractivity contribution in [2.45, 2.75) is 13.1 Å². The number of halogens is 2. The third kappa shape index (κ3) is 5.51. The summed E-state index contributed by atoms with van der Waals surface area (Å²) in [5.74, 6) is 1.14. The van der Waals surface area contributed by atoms with Crippen LogP contribution in [-0.4, -0.2) is 28.2 Å². The number of guanidine groups is 1. The smallest absolute Gasteiger partial charge is 0.191 e.